The minimum Gasteiger partial charge on any atom is -0.497 e. The minimum atomic E-state index is -0.707. The van der Waals surface area contributed by atoms with Crippen LogP contribution in [0.4, 0.5) is 4.79 Å². The molecule has 0 radical (unpaired) electrons. The standard InChI is InChI=1S/C24H36N2O6.CH4O/c1-15(21(31-7)19-9-8-14-26(19)23(29)32-24(3,4)5)22(28)25-16(2)20(27)17-10-12-18(30-6)13-11-17;1-2/h10-13,15-16,19,21H,8-9,14H2,1-7H3,(H,25,28);2H,1H3. The molecule has 2 amide bonds. The number of Topliss-reactive ketones (excluding diaryl/α,β-unsaturated/α-hetero) is 1. The number of methoxy groups -OCH3 is 2. The van der Waals surface area contributed by atoms with Gasteiger partial charge in [-0.15, -0.1) is 0 Å². The zero-order chi connectivity index (χ0) is 26.1. The summed E-state index contributed by atoms with van der Waals surface area (Å²) in [6.07, 6.45) is 0.603. The molecule has 0 aliphatic carbocycles. The third-order valence-corrected chi connectivity index (χ3v) is 5.61. The zero-order valence-corrected chi connectivity index (χ0v) is 21.6. The molecule has 1 fully saturated rings. The number of ether oxygens (including phenoxy) is 3. The van der Waals surface area contributed by atoms with E-state index in [0.717, 1.165) is 20.0 Å². The number of rotatable bonds is 8. The molecule has 34 heavy (non-hydrogen) atoms. The molecule has 0 aromatic heterocycles. The van der Waals surface area contributed by atoms with Gasteiger partial charge in [-0.25, -0.2) is 4.79 Å². The molecular formula is C25H40N2O7. The van der Waals surface area contributed by atoms with Gasteiger partial charge in [-0.3, -0.25) is 9.59 Å². The van der Waals surface area contributed by atoms with Crippen LogP contribution in [0.15, 0.2) is 24.3 Å². The number of carbonyl (C=O) groups is 3. The number of nitrogens with one attached hydrogen (secondary N) is 1. The summed E-state index contributed by atoms with van der Waals surface area (Å²) < 4.78 is 16.3. The van der Waals surface area contributed by atoms with Crippen LogP contribution in [0.2, 0.25) is 0 Å². The molecule has 0 saturated carbocycles. The van der Waals surface area contributed by atoms with Crippen molar-refractivity contribution in [3.8, 4) is 5.75 Å². The summed E-state index contributed by atoms with van der Waals surface area (Å²) in [6.45, 7) is 9.42. The minimum absolute atomic E-state index is 0.196. The molecule has 1 aliphatic heterocycles. The first kappa shape index (κ1) is 29.4. The lowest BCUT2D eigenvalue weighted by molar-refractivity contribution is -0.131. The normalized spacial score (nSPS) is 18.1. The Labute approximate surface area is 202 Å². The molecule has 1 heterocycles. The number of amides is 2. The number of likely N-dealkylation sites (tertiary alicyclic amines) is 1. The summed E-state index contributed by atoms with van der Waals surface area (Å²) in [7, 11) is 4.09. The lowest BCUT2D eigenvalue weighted by atomic mass is 9.94. The maximum atomic E-state index is 13.0. The van der Waals surface area contributed by atoms with Crippen molar-refractivity contribution in [1.82, 2.24) is 10.2 Å². The first-order valence-corrected chi connectivity index (χ1v) is 11.4. The van der Waals surface area contributed by atoms with E-state index in [1.165, 1.54) is 7.11 Å². The highest BCUT2D eigenvalue weighted by molar-refractivity contribution is 6.01. The summed E-state index contributed by atoms with van der Waals surface area (Å²) in [5, 5.41) is 9.79. The van der Waals surface area contributed by atoms with Gasteiger partial charge < -0.3 is 29.5 Å². The fraction of sp³-hybridized carbons (Fsp3) is 0.640. The first-order valence-electron chi connectivity index (χ1n) is 11.4. The maximum Gasteiger partial charge on any atom is 0.410 e. The maximum absolute atomic E-state index is 13.0. The van der Waals surface area contributed by atoms with Gasteiger partial charge in [-0.2, -0.15) is 0 Å². The van der Waals surface area contributed by atoms with Gasteiger partial charge in [0.1, 0.15) is 11.4 Å². The van der Waals surface area contributed by atoms with Gasteiger partial charge in [0, 0.05) is 26.3 Å². The van der Waals surface area contributed by atoms with Crippen molar-refractivity contribution in [2.75, 3.05) is 27.9 Å². The van der Waals surface area contributed by atoms with E-state index in [1.54, 1.807) is 50.1 Å². The van der Waals surface area contributed by atoms with Crippen LogP contribution in [-0.4, -0.2) is 79.5 Å². The Hall–Kier alpha value is -2.65. The Morgan fingerprint density at radius 1 is 1.09 bits per heavy atom. The van der Waals surface area contributed by atoms with Crippen molar-refractivity contribution in [3.63, 3.8) is 0 Å². The number of aliphatic hydroxyl groups excluding tert-OH is 1. The lowest BCUT2D eigenvalue weighted by Gasteiger charge is -2.35. The fourth-order valence-corrected chi connectivity index (χ4v) is 3.94. The molecule has 4 atom stereocenters. The second-order valence-corrected chi connectivity index (χ2v) is 9.20. The second-order valence-electron chi connectivity index (χ2n) is 9.20. The SMILES string of the molecule is CO.COc1ccc(C(=O)C(C)NC(=O)C(C)C(OC)C2CCCN2C(=O)OC(C)(C)C)cc1. The molecule has 0 bridgehead atoms. The summed E-state index contributed by atoms with van der Waals surface area (Å²) >= 11 is 0. The van der Waals surface area contributed by atoms with Gasteiger partial charge in [0.25, 0.3) is 0 Å². The Balaban J connectivity index is 0.00000281. The highest BCUT2D eigenvalue weighted by atomic mass is 16.6. The predicted octanol–water partition coefficient (Wildman–Crippen LogP) is 3.04. The summed E-state index contributed by atoms with van der Waals surface area (Å²) in [5.41, 5.74) is -0.117. The van der Waals surface area contributed by atoms with E-state index in [-0.39, 0.29) is 17.7 Å². The fourth-order valence-electron chi connectivity index (χ4n) is 3.94. The van der Waals surface area contributed by atoms with Crippen molar-refractivity contribution in [3.05, 3.63) is 29.8 Å². The van der Waals surface area contributed by atoms with Gasteiger partial charge >= 0.3 is 6.09 Å². The molecule has 192 valence electrons. The summed E-state index contributed by atoms with van der Waals surface area (Å²) in [5.74, 6) is -0.416. The van der Waals surface area contributed by atoms with Gasteiger partial charge in [-0.1, -0.05) is 6.92 Å². The largest absolute Gasteiger partial charge is 0.497 e. The average molecular weight is 481 g/mol. The van der Waals surface area contributed by atoms with Crippen LogP contribution in [-0.2, 0) is 14.3 Å². The topological polar surface area (TPSA) is 114 Å². The van der Waals surface area contributed by atoms with Crippen molar-refractivity contribution in [2.45, 2.75) is 71.2 Å². The van der Waals surface area contributed by atoms with E-state index < -0.39 is 29.8 Å². The molecule has 2 N–H and O–H groups in total. The van der Waals surface area contributed by atoms with Crippen molar-refractivity contribution < 1.29 is 33.7 Å². The van der Waals surface area contributed by atoms with E-state index in [2.05, 4.69) is 5.32 Å². The van der Waals surface area contributed by atoms with Crippen molar-refractivity contribution in [1.29, 1.82) is 0 Å². The smallest absolute Gasteiger partial charge is 0.410 e. The molecule has 4 unspecified atom stereocenters. The van der Waals surface area contributed by atoms with E-state index in [0.29, 0.717) is 17.9 Å². The number of hydrogen-bond acceptors (Lipinski definition) is 7. The van der Waals surface area contributed by atoms with E-state index in [4.69, 9.17) is 19.3 Å². The van der Waals surface area contributed by atoms with Gasteiger partial charge in [-0.05, 0) is 64.8 Å². The Kier molecular flexibility index (Phi) is 11.5. The lowest BCUT2D eigenvalue weighted by Crippen LogP contribution is -2.52. The van der Waals surface area contributed by atoms with E-state index in [1.807, 2.05) is 20.8 Å². The van der Waals surface area contributed by atoms with Crippen LogP contribution in [0.1, 0.15) is 57.8 Å². The van der Waals surface area contributed by atoms with Crippen molar-refractivity contribution in [2.24, 2.45) is 5.92 Å². The molecule has 1 aromatic rings. The molecule has 1 aliphatic rings. The molecule has 1 saturated heterocycles. The Morgan fingerprint density at radius 3 is 2.18 bits per heavy atom. The van der Waals surface area contributed by atoms with Crippen LogP contribution in [0.5, 0.6) is 5.75 Å². The first-order chi connectivity index (χ1) is 16.0. The second kappa shape index (κ2) is 13.3. The highest BCUT2D eigenvalue weighted by Gasteiger charge is 2.41. The number of benzene rings is 1. The summed E-state index contributed by atoms with van der Waals surface area (Å²) in [6, 6.07) is 5.77. The Morgan fingerprint density at radius 2 is 1.68 bits per heavy atom. The number of ketones is 1. The van der Waals surface area contributed by atoms with E-state index in [9.17, 15) is 14.4 Å². The quantitative estimate of drug-likeness (QED) is 0.550. The van der Waals surface area contributed by atoms with Crippen LogP contribution in [0, 0.1) is 5.92 Å². The van der Waals surface area contributed by atoms with Crippen molar-refractivity contribution >= 4 is 17.8 Å². The van der Waals surface area contributed by atoms with Crippen LogP contribution in [0.25, 0.3) is 0 Å². The number of nitrogens with zero attached hydrogens (tertiary/aromatic N) is 1. The molecule has 0 spiro atoms. The zero-order valence-electron chi connectivity index (χ0n) is 21.6. The van der Waals surface area contributed by atoms with Crippen LogP contribution < -0.4 is 10.1 Å². The molecule has 1 aromatic carbocycles. The summed E-state index contributed by atoms with van der Waals surface area (Å²) in [4.78, 5) is 40.0. The van der Waals surface area contributed by atoms with E-state index >= 15 is 0 Å². The third kappa shape index (κ3) is 7.99. The predicted molar refractivity (Wildman–Crippen MR) is 129 cm³/mol. The third-order valence-electron chi connectivity index (χ3n) is 5.61. The molecule has 9 heteroatoms. The van der Waals surface area contributed by atoms with Crippen LogP contribution >= 0.6 is 0 Å². The van der Waals surface area contributed by atoms with Crippen LogP contribution in [0.3, 0.4) is 0 Å². The van der Waals surface area contributed by atoms with Gasteiger partial charge in [0.15, 0.2) is 5.78 Å². The monoisotopic (exact) mass is 480 g/mol. The van der Waals surface area contributed by atoms with Gasteiger partial charge in [0.05, 0.1) is 31.2 Å². The number of carbonyl (C=O) groups excluding carboxylic acids is 3. The number of aliphatic hydroxyl groups is 1. The Bertz CT molecular complexity index is 804. The molecule has 2 rings (SSSR count). The molecular weight excluding hydrogens is 440 g/mol. The number of hydrogen-bond donors (Lipinski definition) is 2. The van der Waals surface area contributed by atoms with Gasteiger partial charge in [0.2, 0.25) is 5.91 Å². The molecule has 9 nitrogen and oxygen atoms in total. The average Bonchev–Trinajstić information content (AvgIpc) is 3.29. The highest BCUT2D eigenvalue weighted by Crippen LogP contribution is 2.28.